The normalized spacial score (nSPS) is 11.4. The molecule has 0 aliphatic rings. The highest BCUT2D eigenvalue weighted by molar-refractivity contribution is 7.49. The summed E-state index contributed by atoms with van der Waals surface area (Å²) in [6.07, 6.45) is 6.06. The molecule has 0 saturated heterocycles. The molecule has 0 unspecified atom stereocenters. The molecule has 0 spiro atoms. The molecule has 2 aromatic rings. The van der Waals surface area contributed by atoms with Gasteiger partial charge in [0.25, 0.3) is 0 Å². The third kappa shape index (κ3) is 8.01. The van der Waals surface area contributed by atoms with Crippen LogP contribution >= 0.6 is 8.20 Å². The van der Waals surface area contributed by atoms with E-state index >= 15 is 0 Å². The van der Waals surface area contributed by atoms with Gasteiger partial charge in [-0.15, -0.1) is 5.48 Å². The van der Waals surface area contributed by atoms with Crippen molar-refractivity contribution in [3.63, 3.8) is 0 Å². The number of hydrogen-bond acceptors (Lipinski definition) is 4. The number of ether oxygens (including phenoxy) is 3. The summed E-state index contributed by atoms with van der Waals surface area (Å²) in [6.45, 7) is 8.26. The van der Waals surface area contributed by atoms with Gasteiger partial charge in [0.05, 0.1) is 25.1 Å². The smallest absolute Gasteiger partial charge is 0.138 e. The summed E-state index contributed by atoms with van der Waals surface area (Å²) in [6, 6.07) is 13.2. The minimum Gasteiger partial charge on any atom is -0.823 e. The van der Waals surface area contributed by atoms with Crippen molar-refractivity contribution in [2.24, 2.45) is 0 Å². The zero-order valence-corrected chi connectivity index (χ0v) is 19.4. The van der Waals surface area contributed by atoms with Crippen LogP contribution in [0.1, 0.15) is 64.9 Å². The van der Waals surface area contributed by atoms with Gasteiger partial charge < -0.3 is 19.3 Å². The van der Waals surface area contributed by atoms with Crippen LogP contribution < -0.4 is 24.6 Å². The second-order valence-corrected chi connectivity index (χ2v) is 8.23. The van der Waals surface area contributed by atoms with Gasteiger partial charge in [0.1, 0.15) is 17.2 Å². The summed E-state index contributed by atoms with van der Waals surface area (Å²) >= 11 is 0. The molecule has 0 heterocycles. The van der Waals surface area contributed by atoms with Crippen LogP contribution in [-0.2, 0) is 0 Å². The van der Waals surface area contributed by atoms with Crippen LogP contribution in [0.15, 0.2) is 42.5 Å². The second-order valence-electron chi connectivity index (χ2n) is 7.16. The van der Waals surface area contributed by atoms with E-state index in [1.54, 1.807) is 0 Å². The lowest BCUT2D eigenvalue weighted by molar-refractivity contribution is -0.207. The molecule has 0 aromatic heterocycles. The van der Waals surface area contributed by atoms with Gasteiger partial charge in [0.2, 0.25) is 0 Å². The van der Waals surface area contributed by atoms with E-state index < -0.39 is 0 Å². The van der Waals surface area contributed by atoms with Gasteiger partial charge in [0, 0.05) is 12.1 Å². The van der Waals surface area contributed by atoms with E-state index in [-0.39, 0.29) is 5.48 Å². The predicted octanol–water partition coefficient (Wildman–Crippen LogP) is 5.33. The van der Waals surface area contributed by atoms with Gasteiger partial charge in [-0.25, -0.2) is 0 Å². The highest BCUT2D eigenvalue weighted by atomic mass is 31.1. The van der Waals surface area contributed by atoms with Gasteiger partial charge in [-0.05, 0) is 24.8 Å². The fraction of sp³-hybridized carbons (Fsp3) is 0.480. The molecule has 0 atom stereocenters. The maximum absolute atomic E-state index is 12.9. The highest BCUT2D eigenvalue weighted by Crippen LogP contribution is 2.31. The summed E-state index contributed by atoms with van der Waals surface area (Å²) in [5.41, 5.74) is 0.706. The van der Waals surface area contributed by atoms with Crippen LogP contribution in [0.5, 0.6) is 17.2 Å². The molecular formula is C25H34O4P-. The fourth-order valence-electron chi connectivity index (χ4n) is 2.71. The van der Waals surface area contributed by atoms with Crippen LogP contribution in [0.25, 0.3) is 0 Å². The monoisotopic (exact) mass is 429 g/mol. The molecule has 4 nitrogen and oxygen atoms in total. The Bertz CT molecular complexity index is 743. The molecule has 0 bridgehead atoms. The van der Waals surface area contributed by atoms with E-state index in [1.165, 1.54) is 0 Å². The highest BCUT2D eigenvalue weighted by Gasteiger charge is 2.14. The first-order chi connectivity index (χ1) is 14.7. The Morgan fingerprint density at radius 3 is 1.77 bits per heavy atom. The number of rotatable bonds is 14. The Kier molecular flexibility index (Phi) is 11.4. The number of unbranched alkanes of at least 4 members (excludes halogenated alkanes) is 3. The summed E-state index contributed by atoms with van der Waals surface area (Å²) in [4.78, 5) is 0. The summed E-state index contributed by atoms with van der Waals surface area (Å²) < 4.78 is 18.1. The van der Waals surface area contributed by atoms with E-state index in [0.717, 1.165) is 49.6 Å². The first-order valence-corrected chi connectivity index (χ1v) is 12.0. The van der Waals surface area contributed by atoms with E-state index in [9.17, 15) is 5.11 Å². The summed E-state index contributed by atoms with van der Waals surface area (Å²) in [7, 11) is 0.545. The van der Waals surface area contributed by atoms with E-state index in [2.05, 4.69) is 20.8 Å². The molecule has 0 aliphatic heterocycles. The third-order valence-corrected chi connectivity index (χ3v) is 5.65. The van der Waals surface area contributed by atoms with Crippen molar-refractivity contribution in [1.82, 2.24) is 0 Å². The first-order valence-electron chi connectivity index (χ1n) is 11.1. The van der Waals surface area contributed by atoms with Gasteiger partial charge in [-0.1, -0.05) is 78.6 Å². The van der Waals surface area contributed by atoms with Crippen molar-refractivity contribution in [2.45, 2.75) is 59.3 Å². The zero-order chi connectivity index (χ0) is 21.6. The van der Waals surface area contributed by atoms with Crippen molar-refractivity contribution < 1.29 is 19.3 Å². The molecular weight excluding hydrogens is 395 g/mol. The summed E-state index contributed by atoms with van der Waals surface area (Å²) in [5.74, 6) is 2.08. The average Bonchev–Trinajstić information content (AvgIpc) is 2.76. The molecule has 0 amide bonds. The lowest BCUT2D eigenvalue weighted by Crippen LogP contribution is -2.19. The minimum atomic E-state index is 0.0240. The average molecular weight is 430 g/mol. The standard InChI is InChI=1S/C25H35O4P/c1-4-7-15-27-21-18-22(28-16-8-5-2)24(23(19-21)29-17-9-6-3)30-25(26)20-13-11-10-12-14-20/h10-14,18-19,26H,4-9,15-17H2,1-3H3/p-1. The van der Waals surface area contributed by atoms with Crippen LogP contribution in [0, 0.1) is 0 Å². The maximum Gasteiger partial charge on any atom is 0.138 e. The molecule has 164 valence electrons. The molecule has 30 heavy (non-hydrogen) atoms. The second kappa shape index (κ2) is 14.1. The quantitative estimate of drug-likeness (QED) is 0.301. The van der Waals surface area contributed by atoms with Crippen molar-refractivity contribution in [3.05, 3.63) is 48.0 Å². The van der Waals surface area contributed by atoms with Crippen molar-refractivity contribution in [3.8, 4) is 17.2 Å². The number of hydrogen-bond donors (Lipinski definition) is 0. The van der Waals surface area contributed by atoms with Gasteiger partial charge in [0.15, 0.2) is 0 Å². The Labute approximate surface area is 183 Å². The van der Waals surface area contributed by atoms with Crippen LogP contribution in [-0.4, -0.2) is 25.3 Å². The molecule has 2 aromatic carbocycles. The molecule has 0 fully saturated rings. The van der Waals surface area contributed by atoms with Crippen LogP contribution in [0.3, 0.4) is 0 Å². The molecule has 0 radical (unpaired) electrons. The predicted molar refractivity (Wildman–Crippen MR) is 125 cm³/mol. The van der Waals surface area contributed by atoms with E-state index in [1.807, 2.05) is 42.5 Å². The lowest BCUT2D eigenvalue weighted by atomic mass is 10.2. The first kappa shape index (κ1) is 24.2. The number of benzene rings is 2. The van der Waals surface area contributed by atoms with Crippen LogP contribution in [0.4, 0.5) is 0 Å². The molecule has 0 aliphatic carbocycles. The maximum atomic E-state index is 12.9. The van der Waals surface area contributed by atoms with Crippen LogP contribution in [0.2, 0.25) is 0 Å². The van der Waals surface area contributed by atoms with Gasteiger partial charge in [-0.2, -0.15) is 0 Å². The Morgan fingerprint density at radius 1 is 0.767 bits per heavy atom. The molecule has 0 saturated carbocycles. The third-order valence-electron chi connectivity index (χ3n) is 4.53. The zero-order valence-electron chi connectivity index (χ0n) is 18.5. The molecule has 0 N–H and O–H groups in total. The van der Waals surface area contributed by atoms with Crippen molar-refractivity contribution >= 4 is 19.0 Å². The van der Waals surface area contributed by atoms with E-state index in [4.69, 9.17) is 14.2 Å². The van der Waals surface area contributed by atoms with Gasteiger partial charge in [-0.3, -0.25) is 0 Å². The Hall–Kier alpha value is -2.03. The lowest BCUT2D eigenvalue weighted by Gasteiger charge is -2.19. The van der Waals surface area contributed by atoms with Gasteiger partial charge >= 0.3 is 0 Å². The SMILES string of the molecule is CCCCOc1cc(OCCCC)c(P=C([O-])c2ccccc2)c(OCCCC)c1. The summed E-state index contributed by atoms with van der Waals surface area (Å²) in [5, 5.41) is 13.7. The van der Waals surface area contributed by atoms with E-state index in [0.29, 0.717) is 45.1 Å². The van der Waals surface area contributed by atoms with Crippen molar-refractivity contribution in [2.75, 3.05) is 19.8 Å². The minimum absolute atomic E-state index is 0.0240. The Balaban J connectivity index is 2.43. The van der Waals surface area contributed by atoms with Crippen molar-refractivity contribution in [1.29, 1.82) is 0 Å². The topological polar surface area (TPSA) is 50.8 Å². The molecule has 2 rings (SSSR count). The Morgan fingerprint density at radius 2 is 1.27 bits per heavy atom. The largest absolute Gasteiger partial charge is 0.823 e. The fourth-order valence-corrected chi connectivity index (χ4v) is 3.67. The molecule has 5 heteroatoms.